The Hall–Kier alpha value is -0.330. The van der Waals surface area contributed by atoms with E-state index in [0.717, 1.165) is 0 Å². The van der Waals surface area contributed by atoms with Crippen LogP contribution in [0.5, 0.6) is 0 Å². The number of Topliss-reactive ketones (excluding diaryl/α,β-unsaturated/α-hetero) is 1. The van der Waals surface area contributed by atoms with Gasteiger partial charge in [-0.05, 0) is 0 Å². The molecule has 0 heterocycles. The first-order valence-corrected chi connectivity index (χ1v) is 2.41. The molecular weight excluding hydrogens is 100 g/mol. The predicted molar refractivity (Wildman–Crippen MR) is 34.8 cm³/mol. The molecule has 0 saturated heterocycles. The summed E-state index contributed by atoms with van der Waals surface area (Å²) in [6.45, 7) is -2.38. The number of carbonyl (C=O) groups is 1. The molecule has 0 amide bonds. The predicted octanol–water partition coefficient (Wildman–Crippen LogP) is 2.01. The summed E-state index contributed by atoms with van der Waals surface area (Å²) in [5, 5.41) is 0. The molecule has 0 bridgehead atoms. The van der Waals surface area contributed by atoms with Gasteiger partial charge in [-0.1, -0.05) is 27.6 Å². The molecule has 0 spiro atoms. The van der Waals surface area contributed by atoms with E-state index in [4.69, 9.17) is 8.22 Å². The zero-order valence-corrected chi connectivity index (χ0v) is 5.12. The van der Waals surface area contributed by atoms with Crippen LogP contribution in [0.1, 0.15) is 42.2 Å². The minimum Gasteiger partial charge on any atom is -0.299 e. The van der Waals surface area contributed by atoms with Gasteiger partial charge in [-0.3, -0.25) is 4.79 Å². The Balaban J connectivity index is 4.70. The summed E-state index contributed by atoms with van der Waals surface area (Å²) in [5.74, 6) is -0.752. The molecule has 1 nitrogen and oxygen atoms in total. The third kappa shape index (κ3) is 2.10. The zero-order valence-electron chi connectivity index (χ0n) is 11.1. The van der Waals surface area contributed by atoms with Crippen LogP contribution in [0.25, 0.3) is 0 Å². The van der Waals surface area contributed by atoms with Gasteiger partial charge in [0, 0.05) is 20.1 Å². The third-order valence-electron chi connectivity index (χ3n) is 0.858. The molecule has 48 valence electrons. The van der Waals surface area contributed by atoms with Gasteiger partial charge < -0.3 is 0 Å². The van der Waals surface area contributed by atoms with E-state index in [0.29, 0.717) is 0 Å². The first-order valence-electron chi connectivity index (χ1n) is 5.41. The van der Waals surface area contributed by atoms with Crippen LogP contribution < -0.4 is 0 Å². The highest BCUT2D eigenvalue weighted by Crippen LogP contribution is 2.15. The molecule has 0 radical (unpaired) electrons. The van der Waals surface area contributed by atoms with Crippen LogP contribution in [0.4, 0.5) is 0 Å². The summed E-state index contributed by atoms with van der Waals surface area (Å²) >= 11 is 0. The van der Waals surface area contributed by atoms with E-state index in [2.05, 4.69) is 0 Å². The Morgan fingerprint density at radius 2 is 2.38 bits per heavy atom. The van der Waals surface area contributed by atoms with Crippen LogP contribution in [-0.4, -0.2) is 5.78 Å². The molecule has 1 heteroatoms. The molecule has 8 heavy (non-hydrogen) atoms. The second-order valence-corrected chi connectivity index (χ2v) is 2.22. The molecule has 0 saturated carbocycles. The smallest absolute Gasteiger partial charge is 0.137 e. The first kappa shape index (κ1) is 2.13. The number of carbonyl (C=O) groups excluding carboxylic acids is 1. The molecule has 0 unspecified atom stereocenters. The van der Waals surface area contributed by atoms with E-state index in [1.807, 2.05) is 0 Å². The summed E-state index contributed by atoms with van der Waals surface area (Å²) in [7, 11) is 0. The van der Waals surface area contributed by atoms with Crippen molar-refractivity contribution in [3.63, 3.8) is 0 Å². The van der Waals surface area contributed by atoms with E-state index < -0.39 is 31.3 Å². The lowest BCUT2D eigenvalue weighted by atomic mass is 9.90. The summed E-state index contributed by atoms with van der Waals surface area (Å²) < 4.78 is 41.9. The maximum atomic E-state index is 11.4. The highest BCUT2D eigenvalue weighted by molar-refractivity contribution is 5.83. The molecule has 0 aromatic rings. The maximum absolute atomic E-state index is 11.4. The van der Waals surface area contributed by atoms with E-state index in [1.54, 1.807) is 0 Å². The lowest BCUT2D eigenvalue weighted by Gasteiger charge is -2.13. The van der Waals surface area contributed by atoms with Crippen molar-refractivity contribution < 1.29 is 13.0 Å². The Kier molecular flexibility index (Phi) is 0.609. The second-order valence-electron chi connectivity index (χ2n) is 2.22. The van der Waals surface area contributed by atoms with Crippen LogP contribution in [0.15, 0.2) is 0 Å². The zero-order chi connectivity index (χ0) is 11.8. The van der Waals surface area contributed by atoms with Gasteiger partial charge in [-0.25, -0.2) is 0 Å². The van der Waals surface area contributed by atoms with Crippen LogP contribution in [0.2, 0.25) is 0 Å². The summed E-state index contributed by atoms with van der Waals surface area (Å²) in [6, 6.07) is 0. The van der Waals surface area contributed by atoms with Crippen LogP contribution >= 0.6 is 0 Å². The van der Waals surface area contributed by atoms with Crippen LogP contribution in [0, 0.1) is 5.41 Å². The summed E-state index contributed by atoms with van der Waals surface area (Å²) in [5.41, 5.74) is -1.60. The van der Waals surface area contributed by atoms with Crippen molar-refractivity contribution in [2.24, 2.45) is 5.41 Å². The van der Waals surface area contributed by atoms with Gasteiger partial charge in [0.25, 0.3) is 0 Å². The molecule has 0 aliphatic heterocycles. The lowest BCUT2D eigenvalue weighted by Crippen LogP contribution is -2.18. The minimum atomic E-state index is -2.46. The maximum Gasteiger partial charge on any atom is 0.137 e. The van der Waals surface area contributed by atoms with Gasteiger partial charge in [0.15, 0.2) is 0 Å². The molecule has 0 atom stereocenters. The molecule has 0 aliphatic carbocycles. The van der Waals surface area contributed by atoms with Crippen molar-refractivity contribution in [3.05, 3.63) is 0 Å². The van der Waals surface area contributed by atoms with Crippen LogP contribution in [-0.2, 0) is 4.79 Å². The van der Waals surface area contributed by atoms with E-state index in [-0.39, 0.29) is 0 Å². The summed E-state index contributed by atoms with van der Waals surface area (Å²) in [4.78, 5) is 11.4. The largest absolute Gasteiger partial charge is 0.299 e. The van der Waals surface area contributed by atoms with Crippen molar-refractivity contribution in [1.82, 2.24) is 0 Å². The van der Waals surface area contributed by atoms with E-state index in [9.17, 15) is 4.79 Å². The average Bonchev–Trinajstić information content (AvgIpc) is 1.80. The molecular formula is C7H14O. The normalized spacial score (nSPS) is 25.8. The van der Waals surface area contributed by atoms with Crippen molar-refractivity contribution in [3.8, 4) is 0 Å². The van der Waals surface area contributed by atoms with Crippen molar-refractivity contribution in [2.45, 2.75) is 34.0 Å². The Labute approximate surface area is 59.5 Å². The molecule has 0 rings (SSSR count). The molecule has 0 aromatic heterocycles. The van der Waals surface area contributed by atoms with Gasteiger partial charge in [0.05, 0.1) is 0 Å². The Morgan fingerprint density at radius 1 is 1.75 bits per heavy atom. The van der Waals surface area contributed by atoms with E-state index >= 15 is 0 Å². The monoisotopic (exact) mass is 120 g/mol. The number of ketones is 1. The van der Waals surface area contributed by atoms with Gasteiger partial charge in [-0.15, -0.1) is 0 Å². The highest BCUT2D eigenvalue weighted by Gasteiger charge is 2.17. The van der Waals surface area contributed by atoms with Gasteiger partial charge in [0.2, 0.25) is 0 Å². The molecule has 0 fully saturated rings. The standard InChI is InChI=1S/C7H14O/c1-5-6(8)7(2,3)4/h5H2,1-4H3/i1D3,2D3. The van der Waals surface area contributed by atoms with Crippen molar-refractivity contribution in [2.75, 3.05) is 0 Å². The van der Waals surface area contributed by atoms with E-state index in [1.165, 1.54) is 13.8 Å². The minimum absolute atomic E-state index is 0.696. The topological polar surface area (TPSA) is 17.1 Å². The Bertz CT molecular complexity index is 223. The fourth-order valence-electron chi connectivity index (χ4n) is 0.221. The average molecular weight is 120 g/mol. The lowest BCUT2D eigenvalue weighted by molar-refractivity contribution is -0.125. The first-order chi connectivity index (χ1) is 5.88. The highest BCUT2D eigenvalue weighted by atomic mass is 16.1. The molecule has 0 aliphatic rings. The van der Waals surface area contributed by atoms with Gasteiger partial charge >= 0.3 is 0 Å². The molecule has 0 N–H and O–H groups in total. The third-order valence-corrected chi connectivity index (χ3v) is 0.858. The second kappa shape index (κ2) is 2.29. The number of hydrogen-bond acceptors (Lipinski definition) is 1. The molecule has 0 aromatic carbocycles. The SMILES string of the molecule is [2H]C([2H])([2H])CC(=O)C(C)(C)C([2H])([2H])[2H]. The number of rotatable bonds is 1. The fraction of sp³-hybridized carbons (Fsp3) is 0.857. The number of hydrogen-bond donors (Lipinski definition) is 0. The van der Waals surface area contributed by atoms with Crippen molar-refractivity contribution >= 4 is 5.78 Å². The fourth-order valence-corrected chi connectivity index (χ4v) is 0.221. The van der Waals surface area contributed by atoms with Gasteiger partial charge in [0.1, 0.15) is 5.78 Å². The van der Waals surface area contributed by atoms with Crippen LogP contribution in [0.3, 0.4) is 0 Å². The summed E-state index contributed by atoms with van der Waals surface area (Å²) in [6.07, 6.45) is -0.696. The Morgan fingerprint density at radius 3 is 2.75 bits per heavy atom. The quantitative estimate of drug-likeness (QED) is 0.517. The van der Waals surface area contributed by atoms with Crippen molar-refractivity contribution in [1.29, 1.82) is 0 Å². The van der Waals surface area contributed by atoms with Gasteiger partial charge in [-0.2, -0.15) is 0 Å².